The van der Waals surface area contributed by atoms with Crippen LogP contribution in [0.25, 0.3) is 22.0 Å². The van der Waals surface area contributed by atoms with Gasteiger partial charge in [-0.25, -0.2) is 14.2 Å². The third-order valence-corrected chi connectivity index (χ3v) is 5.19. The molecule has 0 unspecified atom stereocenters. The lowest BCUT2D eigenvalue weighted by Crippen LogP contribution is -2.13. The Morgan fingerprint density at radius 2 is 1.93 bits per heavy atom. The smallest absolute Gasteiger partial charge is 0.335 e. The van der Waals surface area contributed by atoms with E-state index < -0.39 is 17.7 Å². The summed E-state index contributed by atoms with van der Waals surface area (Å²) in [5, 5.41) is 9.88. The van der Waals surface area contributed by atoms with Crippen molar-refractivity contribution < 1.29 is 19.1 Å². The van der Waals surface area contributed by atoms with Gasteiger partial charge in [0.15, 0.2) is 0 Å². The van der Waals surface area contributed by atoms with E-state index in [1.165, 1.54) is 29.1 Å². The maximum absolute atomic E-state index is 14.8. The van der Waals surface area contributed by atoms with Gasteiger partial charge in [0.2, 0.25) is 0 Å². The molecule has 150 valence electrons. The Bertz CT molecular complexity index is 1330. The van der Waals surface area contributed by atoms with Crippen molar-refractivity contribution in [3.05, 3.63) is 82.4 Å². The van der Waals surface area contributed by atoms with Crippen LogP contribution in [0.4, 0.5) is 10.2 Å². The van der Waals surface area contributed by atoms with E-state index in [1.54, 1.807) is 31.2 Å². The largest absolute Gasteiger partial charge is 0.478 e. The van der Waals surface area contributed by atoms with E-state index in [4.69, 9.17) is 22.4 Å². The fraction of sp³-hybridized carbons (Fsp3) is 0.0455. The molecular formula is C22H15ClFN3O3. The molecule has 0 radical (unpaired) electrons. The van der Waals surface area contributed by atoms with Crippen LogP contribution in [0.5, 0.6) is 0 Å². The first-order valence-electron chi connectivity index (χ1n) is 8.87. The zero-order valence-corrected chi connectivity index (χ0v) is 16.4. The Hall–Kier alpha value is -3.71. The summed E-state index contributed by atoms with van der Waals surface area (Å²) in [6, 6.07) is 10.3. The van der Waals surface area contributed by atoms with Crippen molar-refractivity contribution in [2.75, 3.05) is 5.73 Å². The van der Waals surface area contributed by atoms with Crippen molar-refractivity contribution in [3.8, 4) is 11.1 Å². The number of rotatable bonds is 3. The lowest BCUT2D eigenvalue weighted by molar-refractivity contribution is 0.0696. The molecule has 6 nitrogen and oxygen atoms in total. The number of benzene rings is 2. The van der Waals surface area contributed by atoms with Gasteiger partial charge >= 0.3 is 5.97 Å². The van der Waals surface area contributed by atoms with Gasteiger partial charge in [-0.2, -0.15) is 0 Å². The van der Waals surface area contributed by atoms with E-state index in [0.717, 1.165) is 6.07 Å². The van der Waals surface area contributed by atoms with E-state index in [2.05, 4.69) is 4.98 Å². The first kappa shape index (κ1) is 19.6. The molecule has 2 heterocycles. The second kappa shape index (κ2) is 7.27. The van der Waals surface area contributed by atoms with Crippen molar-refractivity contribution in [1.82, 2.24) is 9.55 Å². The first-order chi connectivity index (χ1) is 14.3. The summed E-state index contributed by atoms with van der Waals surface area (Å²) in [5.41, 5.74) is 7.59. The average Bonchev–Trinajstić information content (AvgIpc) is 3.06. The molecule has 0 aliphatic carbocycles. The van der Waals surface area contributed by atoms with Crippen LogP contribution >= 0.6 is 11.6 Å². The molecule has 0 saturated carbocycles. The van der Waals surface area contributed by atoms with Crippen LogP contribution in [-0.2, 0) is 0 Å². The molecule has 0 aliphatic heterocycles. The third-order valence-electron chi connectivity index (χ3n) is 4.87. The Morgan fingerprint density at radius 3 is 2.60 bits per heavy atom. The fourth-order valence-electron chi connectivity index (χ4n) is 3.41. The normalized spacial score (nSPS) is 11.0. The monoisotopic (exact) mass is 423 g/mol. The maximum atomic E-state index is 14.8. The Labute approximate surface area is 175 Å². The summed E-state index contributed by atoms with van der Waals surface area (Å²) >= 11 is 6.26. The quantitative estimate of drug-likeness (QED) is 0.494. The summed E-state index contributed by atoms with van der Waals surface area (Å²) in [6.07, 6.45) is 2.91. The molecule has 0 fully saturated rings. The predicted octanol–water partition coefficient (Wildman–Crippen LogP) is 4.77. The van der Waals surface area contributed by atoms with E-state index in [-0.39, 0.29) is 16.9 Å². The van der Waals surface area contributed by atoms with Crippen LogP contribution in [-0.4, -0.2) is 26.5 Å². The molecule has 0 saturated heterocycles. The van der Waals surface area contributed by atoms with Crippen molar-refractivity contribution in [1.29, 1.82) is 0 Å². The van der Waals surface area contributed by atoms with Crippen LogP contribution < -0.4 is 5.73 Å². The van der Waals surface area contributed by atoms with E-state index >= 15 is 0 Å². The summed E-state index contributed by atoms with van der Waals surface area (Å²) in [5.74, 6) is -2.17. The van der Waals surface area contributed by atoms with Gasteiger partial charge < -0.3 is 10.8 Å². The predicted molar refractivity (Wildman–Crippen MR) is 112 cm³/mol. The SMILES string of the molecule is Cc1cccc(Cl)c1C(=O)n1cc(-c2ccc(C(=O)O)cc2F)c2cc(N)ncc21. The zero-order chi connectivity index (χ0) is 21.6. The lowest BCUT2D eigenvalue weighted by Gasteiger charge is -2.09. The van der Waals surface area contributed by atoms with Crippen LogP contribution in [0.2, 0.25) is 5.02 Å². The van der Waals surface area contributed by atoms with Gasteiger partial charge in [-0.15, -0.1) is 0 Å². The minimum Gasteiger partial charge on any atom is -0.478 e. The topological polar surface area (TPSA) is 98.2 Å². The molecule has 8 heteroatoms. The number of aryl methyl sites for hydroxylation is 1. The minimum atomic E-state index is -1.24. The van der Waals surface area contributed by atoms with Gasteiger partial charge in [0.1, 0.15) is 11.6 Å². The Morgan fingerprint density at radius 1 is 1.17 bits per heavy atom. The van der Waals surface area contributed by atoms with Gasteiger partial charge in [-0.05, 0) is 36.8 Å². The van der Waals surface area contributed by atoms with Crippen LogP contribution in [0, 0.1) is 12.7 Å². The summed E-state index contributed by atoms with van der Waals surface area (Å²) in [6.45, 7) is 1.77. The average molecular weight is 424 g/mol. The number of aromatic carboxylic acids is 1. The molecule has 0 bridgehead atoms. The molecule has 0 aliphatic rings. The molecule has 4 rings (SSSR count). The summed E-state index contributed by atoms with van der Waals surface area (Å²) < 4.78 is 16.1. The van der Waals surface area contributed by atoms with Crippen LogP contribution in [0.15, 0.2) is 54.9 Å². The number of carbonyl (C=O) groups is 2. The summed E-state index contributed by atoms with van der Waals surface area (Å²) in [4.78, 5) is 28.5. The second-order valence-electron chi connectivity index (χ2n) is 6.78. The van der Waals surface area contributed by atoms with E-state index in [1.807, 2.05) is 0 Å². The molecule has 0 atom stereocenters. The van der Waals surface area contributed by atoms with Gasteiger partial charge in [0.25, 0.3) is 5.91 Å². The number of hydrogen-bond donors (Lipinski definition) is 2. The number of halogens is 2. The first-order valence-corrected chi connectivity index (χ1v) is 9.25. The van der Waals surface area contributed by atoms with Crippen molar-refractivity contribution in [2.24, 2.45) is 0 Å². The van der Waals surface area contributed by atoms with Gasteiger partial charge in [-0.1, -0.05) is 29.8 Å². The fourth-order valence-corrected chi connectivity index (χ4v) is 3.72. The Balaban J connectivity index is 1.97. The molecule has 0 amide bonds. The molecule has 0 spiro atoms. The number of nitrogens with zero attached hydrogens (tertiary/aromatic N) is 2. The zero-order valence-electron chi connectivity index (χ0n) is 15.7. The highest BCUT2D eigenvalue weighted by molar-refractivity contribution is 6.34. The Kier molecular flexibility index (Phi) is 4.75. The van der Waals surface area contributed by atoms with Crippen LogP contribution in [0.3, 0.4) is 0 Å². The number of carboxylic acid groups (broad SMARTS) is 1. The second-order valence-corrected chi connectivity index (χ2v) is 7.18. The highest BCUT2D eigenvalue weighted by Gasteiger charge is 2.22. The molecule has 2 aromatic carbocycles. The van der Waals surface area contributed by atoms with Gasteiger partial charge in [0, 0.05) is 22.7 Å². The summed E-state index contributed by atoms with van der Waals surface area (Å²) in [7, 11) is 0. The standard InChI is InChI=1S/C22H15ClFN3O3/c1-11-3-2-4-16(23)20(11)21(28)27-10-15(14-8-19(25)26-9-18(14)27)13-6-5-12(22(29)30)7-17(13)24/h2-10H,1H3,(H2,25,26)(H,29,30). The van der Waals surface area contributed by atoms with E-state index in [0.29, 0.717) is 32.6 Å². The highest BCUT2D eigenvalue weighted by Crippen LogP contribution is 2.34. The van der Waals surface area contributed by atoms with Crippen molar-refractivity contribution in [3.63, 3.8) is 0 Å². The van der Waals surface area contributed by atoms with Gasteiger partial charge in [-0.3, -0.25) is 9.36 Å². The number of nitrogen functional groups attached to an aromatic ring is 1. The molecule has 30 heavy (non-hydrogen) atoms. The molecular weight excluding hydrogens is 409 g/mol. The third kappa shape index (κ3) is 3.19. The number of anilines is 1. The van der Waals surface area contributed by atoms with Crippen molar-refractivity contribution >= 4 is 40.2 Å². The van der Waals surface area contributed by atoms with Crippen molar-refractivity contribution in [2.45, 2.75) is 6.92 Å². The van der Waals surface area contributed by atoms with Crippen LogP contribution in [0.1, 0.15) is 26.3 Å². The minimum absolute atomic E-state index is 0.137. The molecule has 4 aromatic rings. The van der Waals surface area contributed by atoms with E-state index in [9.17, 15) is 14.0 Å². The number of nitrogens with two attached hydrogens (primary N) is 1. The van der Waals surface area contributed by atoms with Gasteiger partial charge in [0.05, 0.1) is 27.9 Å². The number of pyridine rings is 1. The number of hydrogen-bond acceptors (Lipinski definition) is 4. The number of carbonyl (C=O) groups excluding carboxylic acids is 1. The molecule has 2 aromatic heterocycles. The molecule has 3 N–H and O–H groups in total. The number of carboxylic acids is 1. The maximum Gasteiger partial charge on any atom is 0.335 e. The lowest BCUT2D eigenvalue weighted by atomic mass is 10.0. The highest BCUT2D eigenvalue weighted by atomic mass is 35.5. The number of aromatic nitrogens is 2. The number of fused-ring (bicyclic) bond motifs is 1.